The van der Waals surface area contributed by atoms with Crippen LogP contribution in [0.5, 0.6) is 11.5 Å². The zero-order valence-corrected chi connectivity index (χ0v) is 19.0. The molecular formula is C28H28O5. The zero-order chi connectivity index (χ0) is 22.7. The van der Waals surface area contributed by atoms with E-state index >= 15 is 0 Å². The molecule has 2 aliphatic rings. The molecule has 3 aromatic carbocycles. The zero-order valence-electron chi connectivity index (χ0n) is 19.0. The maximum Gasteiger partial charge on any atom is 0.147 e. The van der Waals surface area contributed by atoms with Gasteiger partial charge in [-0.15, -0.1) is 0 Å². The molecule has 0 radical (unpaired) electrons. The van der Waals surface area contributed by atoms with Crippen molar-refractivity contribution in [3.63, 3.8) is 0 Å². The first kappa shape index (κ1) is 21.7. The quantitative estimate of drug-likeness (QED) is 0.406. The van der Waals surface area contributed by atoms with Gasteiger partial charge in [-0.25, -0.2) is 0 Å². The summed E-state index contributed by atoms with van der Waals surface area (Å²) in [7, 11) is 3.34. The summed E-state index contributed by atoms with van der Waals surface area (Å²) in [6.07, 6.45) is 2.20. The number of hydrogen-bond acceptors (Lipinski definition) is 5. The SMILES string of the molecule is COc1ccc(COCC2=C[C@@H]3O[C@]3(COCc3ccc(OC)cc3)c3ccccc32)cc1. The van der Waals surface area contributed by atoms with Gasteiger partial charge in [0.05, 0.1) is 40.6 Å². The minimum absolute atomic E-state index is 0.0165. The summed E-state index contributed by atoms with van der Waals surface area (Å²) in [6, 6.07) is 24.3. The van der Waals surface area contributed by atoms with Crippen molar-refractivity contribution >= 4 is 5.57 Å². The lowest BCUT2D eigenvalue weighted by atomic mass is 9.83. The van der Waals surface area contributed by atoms with Gasteiger partial charge in [0.2, 0.25) is 0 Å². The van der Waals surface area contributed by atoms with E-state index in [0.29, 0.717) is 26.4 Å². The maximum atomic E-state index is 6.20. The van der Waals surface area contributed by atoms with Gasteiger partial charge >= 0.3 is 0 Å². The van der Waals surface area contributed by atoms with E-state index in [4.69, 9.17) is 23.7 Å². The topological polar surface area (TPSA) is 49.5 Å². The van der Waals surface area contributed by atoms with E-state index in [2.05, 4.69) is 30.3 Å². The fourth-order valence-electron chi connectivity index (χ4n) is 4.35. The minimum Gasteiger partial charge on any atom is -0.497 e. The number of benzene rings is 3. The maximum absolute atomic E-state index is 6.20. The molecular weight excluding hydrogens is 416 g/mol. The van der Waals surface area contributed by atoms with Crippen molar-refractivity contribution in [2.24, 2.45) is 0 Å². The highest BCUT2D eigenvalue weighted by Gasteiger charge is 2.59. The smallest absolute Gasteiger partial charge is 0.147 e. The number of epoxide rings is 1. The van der Waals surface area contributed by atoms with Crippen molar-refractivity contribution in [1.82, 2.24) is 0 Å². The molecule has 3 aromatic rings. The van der Waals surface area contributed by atoms with Gasteiger partial charge in [0, 0.05) is 0 Å². The van der Waals surface area contributed by atoms with Gasteiger partial charge in [-0.3, -0.25) is 0 Å². The van der Waals surface area contributed by atoms with Gasteiger partial charge in [-0.1, -0.05) is 48.5 Å². The Morgan fingerprint density at radius 3 is 1.97 bits per heavy atom. The van der Waals surface area contributed by atoms with Crippen LogP contribution < -0.4 is 9.47 Å². The van der Waals surface area contributed by atoms with Crippen LogP contribution in [0.4, 0.5) is 0 Å². The normalized spacial score (nSPS) is 20.4. The lowest BCUT2D eigenvalue weighted by Gasteiger charge is -2.23. The third kappa shape index (κ3) is 4.53. The van der Waals surface area contributed by atoms with Crippen LogP contribution in [-0.2, 0) is 33.0 Å². The Morgan fingerprint density at radius 2 is 1.33 bits per heavy atom. The van der Waals surface area contributed by atoms with E-state index in [-0.39, 0.29) is 6.10 Å². The van der Waals surface area contributed by atoms with Gasteiger partial charge in [0.15, 0.2) is 0 Å². The van der Waals surface area contributed by atoms with Gasteiger partial charge < -0.3 is 23.7 Å². The molecule has 0 spiro atoms. The molecule has 5 nitrogen and oxygen atoms in total. The Hall–Kier alpha value is -3.12. The molecule has 2 atom stereocenters. The van der Waals surface area contributed by atoms with E-state index in [1.54, 1.807) is 14.2 Å². The largest absolute Gasteiger partial charge is 0.497 e. The molecule has 1 fully saturated rings. The van der Waals surface area contributed by atoms with Crippen LogP contribution in [0.25, 0.3) is 5.57 Å². The van der Waals surface area contributed by atoms with E-state index in [9.17, 15) is 0 Å². The second-order valence-corrected chi connectivity index (χ2v) is 8.35. The first-order chi connectivity index (χ1) is 16.2. The van der Waals surface area contributed by atoms with Crippen LogP contribution in [-0.4, -0.2) is 33.5 Å². The Bertz CT molecular complexity index is 1120. The number of ether oxygens (including phenoxy) is 5. The lowest BCUT2D eigenvalue weighted by molar-refractivity contribution is 0.0665. The number of hydrogen-bond donors (Lipinski definition) is 0. The molecule has 5 heteroatoms. The van der Waals surface area contributed by atoms with Crippen LogP contribution in [0.2, 0.25) is 0 Å². The summed E-state index contributed by atoms with van der Waals surface area (Å²) >= 11 is 0. The van der Waals surface area contributed by atoms with Crippen LogP contribution >= 0.6 is 0 Å². The van der Waals surface area contributed by atoms with Crippen molar-refractivity contribution < 1.29 is 23.7 Å². The van der Waals surface area contributed by atoms with Crippen LogP contribution in [0.15, 0.2) is 78.9 Å². The molecule has 1 saturated heterocycles. The van der Waals surface area contributed by atoms with Gasteiger partial charge in [-0.05, 0) is 58.2 Å². The monoisotopic (exact) mass is 444 g/mol. The highest BCUT2D eigenvalue weighted by molar-refractivity contribution is 5.75. The molecule has 0 unspecified atom stereocenters. The molecule has 170 valence electrons. The second kappa shape index (κ2) is 9.40. The van der Waals surface area contributed by atoms with Gasteiger partial charge in [0.1, 0.15) is 23.2 Å². The summed E-state index contributed by atoms with van der Waals surface area (Å²) in [5, 5.41) is 0. The molecule has 1 aliphatic carbocycles. The summed E-state index contributed by atoms with van der Waals surface area (Å²) in [4.78, 5) is 0. The molecule has 1 heterocycles. The van der Waals surface area contributed by atoms with Crippen LogP contribution in [0.1, 0.15) is 22.3 Å². The molecule has 1 aliphatic heterocycles. The fraction of sp³-hybridized carbons (Fsp3) is 0.286. The average Bonchev–Trinajstić information content (AvgIpc) is 3.59. The van der Waals surface area contributed by atoms with Crippen LogP contribution in [0.3, 0.4) is 0 Å². The number of rotatable bonds is 10. The number of methoxy groups -OCH3 is 2. The number of fused-ring (bicyclic) bond motifs is 3. The van der Waals surface area contributed by atoms with E-state index in [1.807, 2.05) is 48.5 Å². The van der Waals surface area contributed by atoms with E-state index < -0.39 is 5.60 Å². The predicted molar refractivity (Wildman–Crippen MR) is 126 cm³/mol. The van der Waals surface area contributed by atoms with E-state index in [0.717, 1.165) is 28.2 Å². The summed E-state index contributed by atoms with van der Waals surface area (Å²) < 4.78 is 28.8. The molecule has 33 heavy (non-hydrogen) atoms. The molecule has 0 saturated carbocycles. The Balaban J connectivity index is 1.21. The third-order valence-electron chi connectivity index (χ3n) is 6.25. The highest BCUT2D eigenvalue weighted by Crippen LogP contribution is 2.53. The van der Waals surface area contributed by atoms with Crippen molar-refractivity contribution in [3.05, 3.63) is 101 Å². The van der Waals surface area contributed by atoms with Crippen molar-refractivity contribution in [1.29, 1.82) is 0 Å². The molecule has 0 amide bonds. The average molecular weight is 445 g/mol. The summed E-state index contributed by atoms with van der Waals surface area (Å²) in [5.41, 5.74) is 5.33. The summed E-state index contributed by atoms with van der Waals surface area (Å²) in [5.74, 6) is 1.69. The first-order valence-corrected chi connectivity index (χ1v) is 11.1. The van der Waals surface area contributed by atoms with Crippen molar-refractivity contribution in [2.75, 3.05) is 27.4 Å². The van der Waals surface area contributed by atoms with Crippen LogP contribution in [0, 0.1) is 0 Å². The second-order valence-electron chi connectivity index (χ2n) is 8.35. The van der Waals surface area contributed by atoms with Crippen molar-refractivity contribution in [2.45, 2.75) is 24.9 Å². The Kier molecular flexibility index (Phi) is 6.18. The molecule has 0 bridgehead atoms. The predicted octanol–water partition coefficient (Wildman–Crippen LogP) is 5.13. The lowest BCUT2D eigenvalue weighted by Crippen LogP contribution is -2.25. The Labute approximate surface area is 194 Å². The van der Waals surface area contributed by atoms with Gasteiger partial charge in [-0.2, -0.15) is 0 Å². The molecule has 0 aromatic heterocycles. The standard InChI is InChI=1S/C28H28O5/c1-29-23-11-7-20(8-12-23)16-31-18-22-15-27-28(33-27,26-6-4-3-5-25(22)26)19-32-17-21-9-13-24(30-2)14-10-21/h3-15,27H,16-19H2,1-2H3/t27-,28+/m0/s1. The highest BCUT2D eigenvalue weighted by atomic mass is 16.6. The van der Waals surface area contributed by atoms with E-state index in [1.165, 1.54) is 11.1 Å². The molecule has 0 N–H and O–H groups in total. The van der Waals surface area contributed by atoms with Crippen molar-refractivity contribution in [3.8, 4) is 11.5 Å². The minimum atomic E-state index is -0.400. The fourth-order valence-corrected chi connectivity index (χ4v) is 4.35. The molecule has 5 rings (SSSR count). The third-order valence-corrected chi connectivity index (χ3v) is 6.25. The Morgan fingerprint density at radius 1 is 0.727 bits per heavy atom. The summed E-state index contributed by atoms with van der Waals surface area (Å²) in [6.45, 7) is 2.12. The van der Waals surface area contributed by atoms with Gasteiger partial charge in [0.25, 0.3) is 0 Å². The first-order valence-electron chi connectivity index (χ1n) is 11.1.